The highest BCUT2D eigenvalue weighted by Gasteiger charge is 2.17. The van der Waals surface area contributed by atoms with Crippen LogP contribution < -0.4 is 0 Å². The van der Waals surface area contributed by atoms with Crippen molar-refractivity contribution in [3.63, 3.8) is 0 Å². The minimum Gasteiger partial charge on any atom is -0.346 e. The zero-order chi connectivity index (χ0) is 9.56. The molecule has 72 valence electrons. The summed E-state index contributed by atoms with van der Waals surface area (Å²) in [4.78, 5) is 13.4. The first kappa shape index (κ1) is 11.5. The van der Waals surface area contributed by atoms with E-state index in [1.165, 1.54) is 0 Å². The summed E-state index contributed by atoms with van der Waals surface area (Å²) in [5, 5.41) is 0. The maximum absolute atomic E-state index is 11.6. The molecule has 0 aliphatic carbocycles. The molecule has 0 aromatic heterocycles. The standard InChI is InChI=1S/C10H21NO/c1-5-8-9(6-2)10(12)11(4)7-3/h9H,5-8H2,1-4H3/t9-/m1/s1. The third kappa shape index (κ3) is 3.24. The van der Waals surface area contributed by atoms with E-state index >= 15 is 0 Å². The number of amides is 1. The van der Waals surface area contributed by atoms with Gasteiger partial charge in [0, 0.05) is 19.5 Å². The van der Waals surface area contributed by atoms with Crippen LogP contribution in [0.3, 0.4) is 0 Å². The molecule has 0 aromatic rings. The molecule has 0 saturated carbocycles. The van der Waals surface area contributed by atoms with Gasteiger partial charge >= 0.3 is 0 Å². The molecule has 1 amide bonds. The fourth-order valence-electron chi connectivity index (χ4n) is 1.32. The van der Waals surface area contributed by atoms with Gasteiger partial charge in [0.05, 0.1) is 0 Å². The Morgan fingerprint density at radius 2 is 1.92 bits per heavy atom. The van der Waals surface area contributed by atoms with E-state index in [0.29, 0.717) is 5.91 Å². The first-order chi connectivity index (χ1) is 5.67. The van der Waals surface area contributed by atoms with E-state index in [0.717, 1.165) is 25.8 Å². The number of hydrogen-bond donors (Lipinski definition) is 0. The molecule has 0 saturated heterocycles. The van der Waals surface area contributed by atoms with Crippen LogP contribution in [0.2, 0.25) is 0 Å². The van der Waals surface area contributed by atoms with E-state index in [2.05, 4.69) is 13.8 Å². The van der Waals surface area contributed by atoms with Crippen LogP contribution >= 0.6 is 0 Å². The Bertz CT molecular complexity index is 134. The number of carbonyl (C=O) groups is 1. The Balaban J connectivity index is 4.01. The second kappa shape index (κ2) is 6.04. The van der Waals surface area contributed by atoms with Gasteiger partial charge in [0.15, 0.2) is 0 Å². The van der Waals surface area contributed by atoms with Crippen molar-refractivity contribution in [3.8, 4) is 0 Å². The van der Waals surface area contributed by atoms with Gasteiger partial charge in [0.25, 0.3) is 0 Å². The predicted octanol–water partition coefficient (Wildman–Crippen LogP) is 2.29. The van der Waals surface area contributed by atoms with Crippen molar-refractivity contribution in [3.05, 3.63) is 0 Å². The number of rotatable bonds is 5. The van der Waals surface area contributed by atoms with Crippen LogP contribution in [-0.2, 0) is 4.79 Å². The first-order valence-electron chi connectivity index (χ1n) is 4.92. The van der Waals surface area contributed by atoms with Gasteiger partial charge in [-0.05, 0) is 19.8 Å². The Kier molecular flexibility index (Phi) is 5.77. The first-order valence-corrected chi connectivity index (χ1v) is 4.92. The van der Waals surface area contributed by atoms with Crippen molar-refractivity contribution in [1.29, 1.82) is 0 Å². The van der Waals surface area contributed by atoms with Crippen molar-refractivity contribution in [2.24, 2.45) is 5.92 Å². The molecule has 0 rings (SSSR count). The van der Waals surface area contributed by atoms with E-state index < -0.39 is 0 Å². The summed E-state index contributed by atoms with van der Waals surface area (Å²) in [6, 6.07) is 0. The topological polar surface area (TPSA) is 20.3 Å². The molecule has 0 aliphatic rings. The summed E-state index contributed by atoms with van der Waals surface area (Å²) in [6.07, 6.45) is 3.10. The van der Waals surface area contributed by atoms with Crippen LogP contribution in [0.15, 0.2) is 0 Å². The Labute approximate surface area is 75.9 Å². The van der Waals surface area contributed by atoms with Crippen LogP contribution in [0, 0.1) is 5.92 Å². The molecule has 0 unspecified atom stereocenters. The molecule has 0 radical (unpaired) electrons. The predicted molar refractivity (Wildman–Crippen MR) is 52.0 cm³/mol. The molecule has 0 aromatic carbocycles. The van der Waals surface area contributed by atoms with Crippen molar-refractivity contribution >= 4 is 5.91 Å². The fraction of sp³-hybridized carbons (Fsp3) is 0.900. The van der Waals surface area contributed by atoms with E-state index in [9.17, 15) is 4.79 Å². The third-order valence-corrected chi connectivity index (χ3v) is 2.33. The summed E-state index contributed by atoms with van der Waals surface area (Å²) in [6.45, 7) is 7.04. The third-order valence-electron chi connectivity index (χ3n) is 2.33. The Hall–Kier alpha value is -0.530. The van der Waals surface area contributed by atoms with Gasteiger partial charge in [0.2, 0.25) is 5.91 Å². The van der Waals surface area contributed by atoms with Crippen LogP contribution in [0.25, 0.3) is 0 Å². The number of nitrogens with zero attached hydrogens (tertiary/aromatic N) is 1. The molecule has 1 atom stereocenters. The molecule has 0 heterocycles. The lowest BCUT2D eigenvalue weighted by atomic mass is 9.99. The summed E-state index contributed by atoms with van der Waals surface area (Å²) < 4.78 is 0. The minimum atomic E-state index is 0.250. The summed E-state index contributed by atoms with van der Waals surface area (Å²) in [7, 11) is 1.88. The van der Waals surface area contributed by atoms with Gasteiger partial charge in [-0.1, -0.05) is 20.3 Å². The minimum absolute atomic E-state index is 0.250. The molecule has 0 aliphatic heterocycles. The molecule has 0 fully saturated rings. The quantitative estimate of drug-likeness (QED) is 0.621. The lowest BCUT2D eigenvalue weighted by Crippen LogP contribution is -2.32. The monoisotopic (exact) mass is 171 g/mol. The lowest BCUT2D eigenvalue weighted by Gasteiger charge is -2.21. The largest absolute Gasteiger partial charge is 0.346 e. The Morgan fingerprint density at radius 3 is 2.25 bits per heavy atom. The summed E-state index contributed by atoms with van der Waals surface area (Å²) >= 11 is 0. The van der Waals surface area contributed by atoms with Crippen LogP contribution in [0.1, 0.15) is 40.0 Å². The number of hydrogen-bond acceptors (Lipinski definition) is 1. The Morgan fingerprint density at radius 1 is 1.33 bits per heavy atom. The van der Waals surface area contributed by atoms with Crippen molar-refractivity contribution in [2.45, 2.75) is 40.0 Å². The van der Waals surface area contributed by atoms with Gasteiger partial charge in [-0.25, -0.2) is 0 Å². The highest BCUT2D eigenvalue weighted by Crippen LogP contribution is 2.13. The highest BCUT2D eigenvalue weighted by atomic mass is 16.2. The van der Waals surface area contributed by atoms with E-state index in [4.69, 9.17) is 0 Å². The molecule has 0 spiro atoms. The van der Waals surface area contributed by atoms with Gasteiger partial charge in [-0.2, -0.15) is 0 Å². The van der Waals surface area contributed by atoms with E-state index in [1.807, 2.05) is 18.9 Å². The lowest BCUT2D eigenvalue weighted by molar-refractivity contribution is -0.134. The zero-order valence-corrected chi connectivity index (χ0v) is 8.76. The van der Waals surface area contributed by atoms with Crippen molar-refractivity contribution in [2.75, 3.05) is 13.6 Å². The average molecular weight is 171 g/mol. The summed E-state index contributed by atoms with van der Waals surface area (Å²) in [5.41, 5.74) is 0. The molecule has 2 nitrogen and oxygen atoms in total. The summed E-state index contributed by atoms with van der Waals surface area (Å²) in [5.74, 6) is 0.557. The second-order valence-corrected chi connectivity index (χ2v) is 3.25. The highest BCUT2D eigenvalue weighted by molar-refractivity contribution is 5.78. The van der Waals surface area contributed by atoms with Gasteiger partial charge in [-0.3, -0.25) is 4.79 Å². The van der Waals surface area contributed by atoms with Crippen LogP contribution in [-0.4, -0.2) is 24.4 Å². The molecule has 2 heteroatoms. The van der Waals surface area contributed by atoms with Crippen molar-refractivity contribution < 1.29 is 4.79 Å². The van der Waals surface area contributed by atoms with Gasteiger partial charge < -0.3 is 4.90 Å². The smallest absolute Gasteiger partial charge is 0.225 e. The SMILES string of the molecule is CCC[C@@H](CC)C(=O)N(C)CC. The van der Waals surface area contributed by atoms with Crippen molar-refractivity contribution in [1.82, 2.24) is 4.90 Å². The van der Waals surface area contributed by atoms with E-state index in [-0.39, 0.29) is 5.92 Å². The molecule has 0 bridgehead atoms. The fourth-order valence-corrected chi connectivity index (χ4v) is 1.32. The van der Waals surface area contributed by atoms with E-state index in [1.54, 1.807) is 0 Å². The molecular formula is C10H21NO. The zero-order valence-electron chi connectivity index (χ0n) is 8.76. The number of carbonyl (C=O) groups excluding carboxylic acids is 1. The van der Waals surface area contributed by atoms with Gasteiger partial charge in [0.1, 0.15) is 0 Å². The van der Waals surface area contributed by atoms with Crippen LogP contribution in [0.5, 0.6) is 0 Å². The molecular weight excluding hydrogens is 150 g/mol. The normalized spacial score (nSPS) is 12.7. The van der Waals surface area contributed by atoms with Crippen LogP contribution in [0.4, 0.5) is 0 Å². The molecule has 0 N–H and O–H groups in total. The molecule has 12 heavy (non-hydrogen) atoms. The van der Waals surface area contributed by atoms with Gasteiger partial charge in [-0.15, -0.1) is 0 Å². The second-order valence-electron chi connectivity index (χ2n) is 3.25. The maximum atomic E-state index is 11.6. The maximum Gasteiger partial charge on any atom is 0.225 e. The average Bonchev–Trinajstić information content (AvgIpc) is 2.11.